The average Bonchev–Trinajstić information content (AvgIpc) is 2.59. The van der Waals surface area contributed by atoms with Gasteiger partial charge in [0.1, 0.15) is 6.10 Å². The highest BCUT2D eigenvalue weighted by molar-refractivity contribution is 5.94. The number of hydrogen-bond acceptors (Lipinski definition) is 3. The molecule has 5 heteroatoms. The molecule has 2 rings (SSSR count). The van der Waals surface area contributed by atoms with E-state index in [1.54, 1.807) is 0 Å². The van der Waals surface area contributed by atoms with Gasteiger partial charge in [0, 0.05) is 12.1 Å². The van der Waals surface area contributed by atoms with E-state index in [0.29, 0.717) is 18.5 Å². The Balaban J connectivity index is 1.85. The molecule has 1 aliphatic rings. The summed E-state index contributed by atoms with van der Waals surface area (Å²) in [6.07, 6.45) is 6.75. The van der Waals surface area contributed by atoms with Crippen molar-refractivity contribution >= 4 is 17.6 Å². The first-order valence-electron chi connectivity index (χ1n) is 8.85. The quantitative estimate of drug-likeness (QED) is 0.759. The molecule has 2 N–H and O–H groups in total. The lowest BCUT2D eigenvalue weighted by Gasteiger charge is -2.26. The molecule has 1 saturated carbocycles. The van der Waals surface area contributed by atoms with Crippen LogP contribution in [0.3, 0.4) is 0 Å². The number of carbonyl (C=O) groups is 2. The lowest BCUT2D eigenvalue weighted by molar-refractivity contribution is -0.137. The van der Waals surface area contributed by atoms with E-state index in [1.807, 2.05) is 31.2 Å². The Labute approximate surface area is 143 Å². The van der Waals surface area contributed by atoms with Gasteiger partial charge in [-0.3, -0.25) is 9.59 Å². The first-order valence-corrected chi connectivity index (χ1v) is 8.85. The average molecular weight is 333 g/mol. The minimum Gasteiger partial charge on any atom is -0.481 e. The molecule has 1 atom stereocenters. The minimum absolute atomic E-state index is 0.110. The Morgan fingerprint density at radius 3 is 2.46 bits per heavy atom. The molecule has 0 saturated heterocycles. The Kier molecular flexibility index (Phi) is 7.25. The smallest absolute Gasteiger partial charge is 0.303 e. The molecule has 1 unspecified atom stereocenters. The van der Waals surface area contributed by atoms with Gasteiger partial charge in [-0.2, -0.15) is 0 Å². The monoisotopic (exact) mass is 333 g/mol. The second-order valence-corrected chi connectivity index (χ2v) is 6.37. The lowest BCUT2D eigenvalue weighted by atomic mass is 9.97. The summed E-state index contributed by atoms with van der Waals surface area (Å²) in [5.41, 5.74) is 1.66. The maximum Gasteiger partial charge on any atom is 0.303 e. The number of nitrogens with one attached hydrogen (secondary N) is 1. The van der Waals surface area contributed by atoms with Crippen LogP contribution in [0, 0.1) is 0 Å². The molecule has 0 aromatic heterocycles. The number of carbonyl (C=O) groups excluding carboxylic acids is 1. The van der Waals surface area contributed by atoms with Gasteiger partial charge in [0.05, 0.1) is 6.10 Å². The van der Waals surface area contributed by atoms with Crippen molar-refractivity contribution < 1.29 is 19.4 Å². The standard InChI is InChI=1S/C19H27NO4/c1-2-17(24-16-6-4-3-5-7-16)19(23)20-15-11-8-14(9-12-15)10-13-18(21)22/h8-9,11-12,16-17H,2-7,10,13H2,1H3,(H,20,23)(H,21,22). The van der Waals surface area contributed by atoms with E-state index in [-0.39, 0.29) is 18.4 Å². The second-order valence-electron chi connectivity index (χ2n) is 6.37. The number of aliphatic carboxylic acids is 1. The minimum atomic E-state index is -0.807. The molecule has 1 aromatic rings. The summed E-state index contributed by atoms with van der Waals surface area (Å²) in [6.45, 7) is 1.96. The van der Waals surface area contributed by atoms with Crippen molar-refractivity contribution in [2.75, 3.05) is 5.32 Å². The van der Waals surface area contributed by atoms with Gasteiger partial charge >= 0.3 is 5.97 Å². The molecule has 1 amide bonds. The molecule has 5 nitrogen and oxygen atoms in total. The number of ether oxygens (including phenoxy) is 1. The number of amides is 1. The molecule has 0 radical (unpaired) electrons. The molecule has 0 heterocycles. The van der Waals surface area contributed by atoms with E-state index < -0.39 is 12.1 Å². The number of carboxylic acids is 1. The van der Waals surface area contributed by atoms with E-state index in [9.17, 15) is 9.59 Å². The van der Waals surface area contributed by atoms with Crippen LogP contribution in [0.2, 0.25) is 0 Å². The van der Waals surface area contributed by atoms with Crippen LogP contribution in [0.5, 0.6) is 0 Å². The summed E-state index contributed by atoms with van der Waals surface area (Å²) < 4.78 is 5.99. The van der Waals surface area contributed by atoms with Crippen molar-refractivity contribution in [3.8, 4) is 0 Å². The summed E-state index contributed by atoms with van der Waals surface area (Å²) in [7, 11) is 0. The van der Waals surface area contributed by atoms with Crippen LogP contribution in [0.4, 0.5) is 5.69 Å². The Bertz CT molecular complexity index is 535. The van der Waals surface area contributed by atoms with Crippen LogP contribution in [0.1, 0.15) is 57.4 Å². The fraction of sp³-hybridized carbons (Fsp3) is 0.579. The molecule has 132 valence electrons. The van der Waals surface area contributed by atoms with Crippen LogP contribution in [-0.4, -0.2) is 29.2 Å². The van der Waals surface area contributed by atoms with E-state index in [1.165, 1.54) is 19.3 Å². The third-order valence-electron chi connectivity index (χ3n) is 4.42. The molecular weight excluding hydrogens is 306 g/mol. The molecule has 1 aromatic carbocycles. The molecule has 1 aliphatic carbocycles. The van der Waals surface area contributed by atoms with Gasteiger partial charge < -0.3 is 15.2 Å². The van der Waals surface area contributed by atoms with Crippen LogP contribution in [0.15, 0.2) is 24.3 Å². The Morgan fingerprint density at radius 2 is 1.88 bits per heavy atom. The van der Waals surface area contributed by atoms with E-state index in [0.717, 1.165) is 18.4 Å². The second kappa shape index (κ2) is 9.42. The molecule has 1 fully saturated rings. The fourth-order valence-electron chi connectivity index (χ4n) is 3.01. The van der Waals surface area contributed by atoms with Gasteiger partial charge in [-0.15, -0.1) is 0 Å². The predicted molar refractivity (Wildman–Crippen MR) is 93.1 cm³/mol. The van der Waals surface area contributed by atoms with E-state index in [2.05, 4.69) is 5.32 Å². The summed E-state index contributed by atoms with van der Waals surface area (Å²) in [6, 6.07) is 7.31. The van der Waals surface area contributed by atoms with Crippen molar-refractivity contribution in [3.63, 3.8) is 0 Å². The number of aryl methyl sites for hydroxylation is 1. The molecule has 0 aliphatic heterocycles. The number of benzene rings is 1. The van der Waals surface area contributed by atoms with Gasteiger partial charge in [0.25, 0.3) is 5.91 Å². The van der Waals surface area contributed by atoms with Gasteiger partial charge in [0.2, 0.25) is 0 Å². The number of anilines is 1. The van der Waals surface area contributed by atoms with Crippen LogP contribution < -0.4 is 5.32 Å². The normalized spacial score (nSPS) is 16.5. The predicted octanol–water partition coefficient (Wildman–Crippen LogP) is 3.77. The topological polar surface area (TPSA) is 75.6 Å². The molecule has 0 bridgehead atoms. The molecular formula is C19H27NO4. The van der Waals surface area contributed by atoms with Crippen molar-refractivity contribution in [3.05, 3.63) is 29.8 Å². The maximum absolute atomic E-state index is 12.4. The van der Waals surface area contributed by atoms with Gasteiger partial charge in [0.15, 0.2) is 0 Å². The SMILES string of the molecule is CCC(OC1CCCCC1)C(=O)Nc1ccc(CCC(=O)O)cc1. The number of rotatable bonds is 8. The third-order valence-corrected chi connectivity index (χ3v) is 4.42. The van der Waals surface area contributed by atoms with Crippen molar-refractivity contribution in [2.24, 2.45) is 0 Å². The third kappa shape index (κ3) is 5.96. The summed E-state index contributed by atoms with van der Waals surface area (Å²) >= 11 is 0. The van der Waals surface area contributed by atoms with Crippen molar-refractivity contribution in [1.82, 2.24) is 0 Å². The largest absolute Gasteiger partial charge is 0.481 e. The number of carboxylic acid groups (broad SMARTS) is 1. The summed E-state index contributed by atoms with van der Waals surface area (Å²) in [5, 5.41) is 11.6. The highest BCUT2D eigenvalue weighted by Gasteiger charge is 2.23. The molecule has 24 heavy (non-hydrogen) atoms. The van der Waals surface area contributed by atoms with E-state index >= 15 is 0 Å². The first kappa shape index (κ1) is 18.5. The van der Waals surface area contributed by atoms with Crippen molar-refractivity contribution in [2.45, 2.75) is 70.5 Å². The summed E-state index contributed by atoms with van der Waals surface area (Å²) in [4.78, 5) is 23.0. The lowest BCUT2D eigenvalue weighted by Crippen LogP contribution is -2.34. The Morgan fingerprint density at radius 1 is 1.21 bits per heavy atom. The van der Waals surface area contributed by atoms with Crippen LogP contribution in [0.25, 0.3) is 0 Å². The maximum atomic E-state index is 12.4. The zero-order chi connectivity index (χ0) is 17.4. The highest BCUT2D eigenvalue weighted by Crippen LogP contribution is 2.22. The van der Waals surface area contributed by atoms with Gasteiger partial charge in [-0.1, -0.05) is 38.3 Å². The van der Waals surface area contributed by atoms with Crippen LogP contribution >= 0.6 is 0 Å². The molecule has 0 spiro atoms. The highest BCUT2D eigenvalue weighted by atomic mass is 16.5. The van der Waals surface area contributed by atoms with Crippen molar-refractivity contribution in [1.29, 1.82) is 0 Å². The van der Waals surface area contributed by atoms with Crippen LogP contribution in [-0.2, 0) is 20.7 Å². The first-order chi connectivity index (χ1) is 11.6. The van der Waals surface area contributed by atoms with Gasteiger partial charge in [-0.25, -0.2) is 0 Å². The fourth-order valence-corrected chi connectivity index (χ4v) is 3.01. The summed E-state index contributed by atoms with van der Waals surface area (Å²) in [5.74, 6) is -0.917. The number of hydrogen-bond donors (Lipinski definition) is 2. The zero-order valence-corrected chi connectivity index (χ0v) is 14.3. The van der Waals surface area contributed by atoms with Gasteiger partial charge in [-0.05, 0) is 43.4 Å². The zero-order valence-electron chi connectivity index (χ0n) is 14.3. The Hall–Kier alpha value is -1.88. The van der Waals surface area contributed by atoms with E-state index in [4.69, 9.17) is 9.84 Å².